The Labute approximate surface area is 178 Å². The average Bonchev–Trinajstić information content (AvgIpc) is 2.60. The summed E-state index contributed by atoms with van der Waals surface area (Å²) in [6.45, 7) is 7.18. The van der Waals surface area contributed by atoms with Gasteiger partial charge < -0.3 is 33.9 Å². The van der Waals surface area contributed by atoms with Gasteiger partial charge >= 0.3 is 23.9 Å². The molecule has 14 heteroatoms. The summed E-state index contributed by atoms with van der Waals surface area (Å²) in [5, 5.41) is 0. The van der Waals surface area contributed by atoms with Crippen molar-refractivity contribution in [3.05, 3.63) is 15.9 Å². The second-order valence-electron chi connectivity index (χ2n) is 6.72. The van der Waals surface area contributed by atoms with Crippen molar-refractivity contribution in [2.75, 3.05) is 6.61 Å². The van der Waals surface area contributed by atoms with Gasteiger partial charge in [0.15, 0.2) is 24.6 Å². The van der Waals surface area contributed by atoms with Crippen LogP contribution in [0.4, 0.5) is 0 Å². The molecule has 0 saturated carbocycles. The fourth-order valence-corrected chi connectivity index (χ4v) is 2.58. The Morgan fingerprint density at radius 2 is 1.39 bits per heavy atom. The quantitative estimate of drug-likeness (QED) is 0.200. The lowest BCUT2D eigenvalue weighted by molar-refractivity contribution is -0.502. The number of rotatable bonds is 10. The maximum Gasteiger partial charge on any atom is 0.303 e. The molecule has 1 aliphatic rings. The van der Waals surface area contributed by atoms with Crippen LogP contribution < -0.4 is 0 Å². The average molecular weight is 448 g/mol. The molecule has 0 spiro atoms. The van der Waals surface area contributed by atoms with Crippen LogP contribution in [0.2, 0.25) is 0 Å². The molecule has 1 rings (SSSR count). The Morgan fingerprint density at radius 3 is 1.87 bits per heavy atom. The largest absolute Gasteiger partial charge is 0.463 e. The van der Waals surface area contributed by atoms with Gasteiger partial charge in [-0.3, -0.25) is 24.8 Å². The third-order valence-electron chi connectivity index (χ3n) is 3.50. The molecule has 0 N–H and O–H groups in total. The number of nitroso groups, excluding NO2 is 1. The van der Waals surface area contributed by atoms with Gasteiger partial charge in [-0.25, -0.2) is 0 Å². The number of carbonyl (C=O) groups excluding carboxylic acids is 4. The highest BCUT2D eigenvalue weighted by molar-refractivity contribution is 5.68. The van der Waals surface area contributed by atoms with E-state index in [0.717, 1.165) is 27.7 Å². The molecule has 0 aromatic carbocycles. The first kappa shape index (κ1) is 26.0. The lowest BCUT2D eigenvalue weighted by Crippen LogP contribution is -2.62. The number of nitrogens with zero attached hydrogens (tertiary/aromatic N) is 3. The summed E-state index contributed by atoms with van der Waals surface area (Å²) in [4.78, 5) is 62.7. The standard InChI is InChI=1S/C17H26N3O11/c1-8(2)18-20(25)19-31-17-16(29-12(6)24)15(28-11(5)23)14(27-10(4)22)13(30-17)7-26-9(3)21/h8,13-17H,7H2,1-6H3/q-1/t13-,14-,15+,16-,17+/m1/s1. The molecule has 0 aliphatic carbocycles. The van der Waals surface area contributed by atoms with E-state index in [4.69, 9.17) is 28.5 Å². The highest BCUT2D eigenvalue weighted by Gasteiger charge is 2.52. The summed E-state index contributed by atoms with van der Waals surface area (Å²) < 4.78 is 26.0. The van der Waals surface area contributed by atoms with Gasteiger partial charge in [0.05, 0.1) is 0 Å². The Morgan fingerprint density at radius 1 is 0.871 bits per heavy atom. The molecule has 14 nitrogen and oxygen atoms in total. The van der Waals surface area contributed by atoms with Crippen LogP contribution in [0.5, 0.6) is 0 Å². The second kappa shape index (κ2) is 12.0. The monoisotopic (exact) mass is 448 g/mol. The zero-order valence-corrected chi connectivity index (χ0v) is 18.0. The van der Waals surface area contributed by atoms with E-state index < -0.39 is 67.2 Å². The Hall–Kier alpha value is -3.00. The van der Waals surface area contributed by atoms with Crippen molar-refractivity contribution >= 4 is 23.9 Å². The van der Waals surface area contributed by atoms with E-state index in [2.05, 4.69) is 11.0 Å². The van der Waals surface area contributed by atoms with E-state index in [-0.39, 0.29) is 4.98 Å². The van der Waals surface area contributed by atoms with E-state index in [0.29, 0.717) is 0 Å². The highest BCUT2D eigenvalue weighted by atomic mass is 16.8. The van der Waals surface area contributed by atoms with Crippen LogP contribution in [-0.4, -0.2) is 72.2 Å². The molecule has 1 aliphatic heterocycles. The number of carbonyl (C=O) groups is 4. The van der Waals surface area contributed by atoms with Crippen LogP contribution in [0, 0.1) is 4.91 Å². The molecule has 0 aromatic rings. The van der Waals surface area contributed by atoms with Crippen LogP contribution in [0.3, 0.4) is 0 Å². The Balaban J connectivity index is 3.23. The van der Waals surface area contributed by atoms with Crippen molar-refractivity contribution in [2.24, 2.45) is 0 Å². The Kier molecular flexibility index (Phi) is 10.1. The minimum absolute atomic E-state index is 0.112. The third kappa shape index (κ3) is 9.13. The van der Waals surface area contributed by atoms with E-state index >= 15 is 0 Å². The zero-order valence-electron chi connectivity index (χ0n) is 18.0. The van der Waals surface area contributed by atoms with Crippen molar-refractivity contribution in [3.8, 4) is 0 Å². The van der Waals surface area contributed by atoms with Crippen LogP contribution in [0.25, 0.3) is 11.0 Å². The van der Waals surface area contributed by atoms with Gasteiger partial charge in [0, 0.05) is 32.6 Å². The molecule has 1 heterocycles. The lowest BCUT2D eigenvalue weighted by atomic mass is 9.98. The molecule has 0 radical (unpaired) electrons. The Bertz CT molecular complexity index is 684. The highest BCUT2D eigenvalue weighted by Crippen LogP contribution is 2.30. The summed E-state index contributed by atoms with van der Waals surface area (Å²) >= 11 is 0. The minimum Gasteiger partial charge on any atom is -0.463 e. The number of esters is 4. The first-order valence-corrected chi connectivity index (χ1v) is 9.26. The maximum atomic E-state index is 11.7. The van der Waals surface area contributed by atoms with Gasteiger partial charge in [-0.1, -0.05) is 19.9 Å². The van der Waals surface area contributed by atoms with Gasteiger partial charge in [-0.2, -0.15) is 0 Å². The van der Waals surface area contributed by atoms with Crippen molar-refractivity contribution in [1.29, 1.82) is 0 Å². The van der Waals surface area contributed by atoms with E-state index in [9.17, 15) is 24.1 Å². The molecular weight excluding hydrogens is 422 g/mol. The molecule has 0 aromatic heterocycles. The molecule has 0 unspecified atom stereocenters. The van der Waals surface area contributed by atoms with Crippen LogP contribution in [0.1, 0.15) is 41.5 Å². The molecule has 1 saturated heterocycles. The SMILES string of the molecule is CC(=O)OC[C@H]1O[C@@H](O[N-][N+](=O)[N-]C(C)C)[C@H](OC(C)=O)[C@@H](OC(C)=O)[C@@H]1OC(C)=O. The summed E-state index contributed by atoms with van der Waals surface area (Å²) in [5.74, 6) is -3.06. The van der Waals surface area contributed by atoms with Gasteiger partial charge in [-0.05, 0) is 4.98 Å². The zero-order chi connectivity index (χ0) is 23.7. The van der Waals surface area contributed by atoms with E-state index in [1.165, 1.54) is 0 Å². The summed E-state index contributed by atoms with van der Waals surface area (Å²) in [7, 11) is 0. The van der Waals surface area contributed by atoms with Crippen molar-refractivity contribution in [3.63, 3.8) is 0 Å². The number of hydrogen-bond acceptors (Lipinski definition) is 11. The molecular formula is C17H26N3O11-. The molecule has 1 fully saturated rings. The molecule has 176 valence electrons. The second-order valence-corrected chi connectivity index (χ2v) is 6.72. The summed E-state index contributed by atoms with van der Waals surface area (Å²) in [6.07, 6.45) is -7.07. The van der Waals surface area contributed by atoms with Crippen LogP contribution in [-0.2, 0) is 47.7 Å². The van der Waals surface area contributed by atoms with Crippen molar-refractivity contribution < 1.29 is 52.7 Å². The van der Waals surface area contributed by atoms with Crippen LogP contribution in [0.15, 0.2) is 0 Å². The molecule has 5 atom stereocenters. The minimum atomic E-state index is -1.60. The fourth-order valence-electron chi connectivity index (χ4n) is 2.58. The number of ether oxygens (including phenoxy) is 5. The lowest BCUT2D eigenvalue weighted by Gasteiger charge is -2.45. The first-order chi connectivity index (χ1) is 14.4. The number of hydrogen-bond donors (Lipinski definition) is 0. The summed E-state index contributed by atoms with van der Waals surface area (Å²) in [6, 6.07) is -0.403. The topological polar surface area (TPSA) is 172 Å². The predicted octanol–water partition coefficient (Wildman–Crippen LogP) is 0.766. The maximum absolute atomic E-state index is 11.7. The van der Waals surface area contributed by atoms with E-state index in [1.54, 1.807) is 13.8 Å². The van der Waals surface area contributed by atoms with Crippen molar-refractivity contribution in [1.82, 2.24) is 0 Å². The third-order valence-corrected chi connectivity index (χ3v) is 3.50. The molecule has 0 amide bonds. The van der Waals surface area contributed by atoms with Gasteiger partial charge in [-0.15, -0.1) is 0 Å². The van der Waals surface area contributed by atoms with Gasteiger partial charge in [0.2, 0.25) is 0 Å². The van der Waals surface area contributed by atoms with E-state index in [1.807, 2.05) is 0 Å². The predicted molar refractivity (Wildman–Crippen MR) is 98.5 cm³/mol. The normalized spacial score (nSPS) is 25.2. The van der Waals surface area contributed by atoms with Gasteiger partial charge in [0.1, 0.15) is 12.7 Å². The summed E-state index contributed by atoms with van der Waals surface area (Å²) in [5.41, 5.74) is 6.76. The van der Waals surface area contributed by atoms with Crippen LogP contribution >= 0.6 is 0 Å². The molecule has 31 heavy (non-hydrogen) atoms. The fraction of sp³-hybridized carbons (Fsp3) is 0.765. The van der Waals surface area contributed by atoms with Crippen molar-refractivity contribution in [2.45, 2.75) is 78.3 Å². The van der Waals surface area contributed by atoms with Gasteiger partial charge in [0.25, 0.3) is 0 Å². The molecule has 0 bridgehead atoms. The first-order valence-electron chi connectivity index (χ1n) is 9.26. The smallest absolute Gasteiger partial charge is 0.303 e.